The highest BCUT2D eigenvalue weighted by molar-refractivity contribution is 5.77. The quantitative estimate of drug-likeness (QED) is 0.401. The normalized spacial score (nSPS) is 11.2. The van der Waals surface area contributed by atoms with Crippen LogP contribution in [0.3, 0.4) is 0 Å². The maximum atomic E-state index is 12.0. The second kappa shape index (κ2) is 8.50. The summed E-state index contributed by atoms with van der Waals surface area (Å²) in [5.74, 6) is 0. The largest absolute Gasteiger partial charge is 0.326 e. The van der Waals surface area contributed by atoms with Crippen molar-refractivity contribution in [3.63, 3.8) is 0 Å². The second-order valence-electron chi connectivity index (χ2n) is 6.02. The van der Waals surface area contributed by atoms with Crippen molar-refractivity contribution in [2.24, 2.45) is 0 Å². The van der Waals surface area contributed by atoms with Crippen molar-refractivity contribution in [3.8, 4) is 0 Å². The van der Waals surface area contributed by atoms with Crippen LogP contribution in [-0.2, 0) is 6.54 Å². The third kappa shape index (κ3) is 4.68. The van der Waals surface area contributed by atoms with Gasteiger partial charge in [-0.15, -0.1) is 0 Å². The summed E-state index contributed by atoms with van der Waals surface area (Å²) in [6, 6.07) is 4.48. The average Bonchev–Trinajstić information content (AvgIpc) is 2.84. The molecule has 2 rings (SSSR count). The molecule has 1 heterocycles. The second-order valence-corrected chi connectivity index (χ2v) is 6.02. The Morgan fingerprint density at radius 3 is 2.39 bits per heavy atom. The summed E-state index contributed by atoms with van der Waals surface area (Å²) >= 11 is 0. The summed E-state index contributed by atoms with van der Waals surface area (Å²) in [5.41, 5.74) is 1.09. The molecule has 0 unspecified atom stereocenters. The van der Waals surface area contributed by atoms with E-state index in [1.807, 2.05) is 0 Å². The van der Waals surface area contributed by atoms with E-state index in [1.54, 1.807) is 10.6 Å². The minimum atomic E-state index is -0.433. The predicted molar refractivity (Wildman–Crippen MR) is 91.8 cm³/mol. The molecule has 1 aromatic carbocycles. The molecule has 0 aliphatic rings. The first kappa shape index (κ1) is 17.2. The van der Waals surface area contributed by atoms with E-state index in [-0.39, 0.29) is 11.4 Å². The molecule has 0 spiro atoms. The van der Waals surface area contributed by atoms with Gasteiger partial charge in [0.15, 0.2) is 0 Å². The van der Waals surface area contributed by atoms with Crippen LogP contribution in [0.15, 0.2) is 23.0 Å². The van der Waals surface area contributed by atoms with Crippen molar-refractivity contribution in [3.05, 3.63) is 38.8 Å². The van der Waals surface area contributed by atoms with Crippen molar-refractivity contribution < 1.29 is 4.92 Å². The fraction of sp³-hybridized carbons (Fsp3) is 0.588. The molecular weight excluding hydrogens is 294 g/mol. The maximum absolute atomic E-state index is 12.0. The number of H-pyrrole nitrogens is 1. The van der Waals surface area contributed by atoms with Crippen molar-refractivity contribution >= 4 is 16.7 Å². The number of unbranched alkanes of at least 4 members (excludes halogenated alkanes) is 7. The SMILES string of the molecule is CCCCCCCCCCn1c(=O)[nH]c2ccc([N+](=O)[O-])cc21. The zero-order valence-corrected chi connectivity index (χ0v) is 13.7. The monoisotopic (exact) mass is 319 g/mol. The molecule has 0 saturated carbocycles. The molecule has 23 heavy (non-hydrogen) atoms. The van der Waals surface area contributed by atoms with Crippen LogP contribution >= 0.6 is 0 Å². The van der Waals surface area contributed by atoms with Gasteiger partial charge in [-0.3, -0.25) is 14.7 Å². The topological polar surface area (TPSA) is 80.9 Å². The standard InChI is InChI=1S/C17H25N3O3/c1-2-3-4-5-6-7-8-9-12-19-16-13-14(20(22)23)10-11-15(16)18-17(19)21/h10-11,13H,2-9,12H2,1H3,(H,18,21). The molecule has 0 aliphatic heterocycles. The minimum absolute atomic E-state index is 0.0150. The molecule has 2 aromatic rings. The van der Waals surface area contributed by atoms with Crippen molar-refractivity contribution in [1.29, 1.82) is 0 Å². The number of hydrogen-bond donors (Lipinski definition) is 1. The molecule has 0 radical (unpaired) electrons. The molecule has 126 valence electrons. The molecule has 6 heteroatoms. The van der Waals surface area contributed by atoms with E-state index < -0.39 is 4.92 Å². The number of fused-ring (bicyclic) bond motifs is 1. The van der Waals surface area contributed by atoms with Gasteiger partial charge in [0.05, 0.1) is 16.0 Å². The Kier molecular flexibility index (Phi) is 6.38. The van der Waals surface area contributed by atoms with Crippen LogP contribution in [-0.4, -0.2) is 14.5 Å². The number of aryl methyl sites for hydroxylation is 1. The lowest BCUT2D eigenvalue weighted by atomic mass is 10.1. The fourth-order valence-electron chi connectivity index (χ4n) is 2.88. The third-order valence-corrected chi connectivity index (χ3v) is 4.20. The van der Waals surface area contributed by atoms with Crippen LogP contribution in [0.5, 0.6) is 0 Å². The zero-order valence-electron chi connectivity index (χ0n) is 13.7. The molecule has 6 nitrogen and oxygen atoms in total. The maximum Gasteiger partial charge on any atom is 0.326 e. The van der Waals surface area contributed by atoms with Crippen LogP contribution < -0.4 is 5.69 Å². The van der Waals surface area contributed by atoms with E-state index in [0.717, 1.165) is 12.8 Å². The summed E-state index contributed by atoms with van der Waals surface area (Å²) in [5, 5.41) is 10.9. The number of imidazole rings is 1. The first-order valence-corrected chi connectivity index (χ1v) is 8.50. The van der Waals surface area contributed by atoms with Crippen molar-refractivity contribution in [2.45, 2.75) is 64.8 Å². The van der Waals surface area contributed by atoms with Crippen LogP contribution in [0.1, 0.15) is 58.3 Å². The summed E-state index contributed by atoms with van der Waals surface area (Å²) in [7, 11) is 0. The van der Waals surface area contributed by atoms with Gasteiger partial charge in [0, 0.05) is 18.7 Å². The van der Waals surface area contributed by atoms with E-state index in [9.17, 15) is 14.9 Å². The van der Waals surface area contributed by atoms with E-state index in [1.165, 1.54) is 50.7 Å². The number of non-ortho nitro benzene ring substituents is 1. The molecule has 0 fully saturated rings. The van der Waals surface area contributed by atoms with Crippen molar-refractivity contribution in [1.82, 2.24) is 9.55 Å². The van der Waals surface area contributed by atoms with Gasteiger partial charge in [-0.05, 0) is 12.5 Å². The highest BCUT2D eigenvalue weighted by atomic mass is 16.6. The van der Waals surface area contributed by atoms with Crippen LogP contribution in [0.25, 0.3) is 11.0 Å². The molecule has 0 aliphatic carbocycles. The first-order valence-electron chi connectivity index (χ1n) is 8.50. The highest BCUT2D eigenvalue weighted by Crippen LogP contribution is 2.19. The number of nitro groups is 1. The number of nitrogens with one attached hydrogen (secondary N) is 1. The lowest BCUT2D eigenvalue weighted by Crippen LogP contribution is -2.16. The molecule has 0 atom stereocenters. The Hall–Kier alpha value is -2.11. The molecule has 1 N–H and O–H groups in total. The lowest BCUT2D eigenvalue weighted by molar-refractivity contribution is -0.384. The number of nitro benzene ring substituents is 1. The van der Waals surface area contributed by atoms with E-state index in [4.69, 9.17) is 0 Å². The highest BCUT2D eigenvalue weighted by Gasteiger charge is 2.11. The smallest absolute Gasteiger partial charge is 0.306 e. The summed E-state index contributed by atoms with van der Waals surface area (Å²) < 4.78 is 1.61. The van der Waals surface area contributed by atoms with Gasteiger partial charge in [0.2, 0.25) is 0 Å². The van der Waals surface area contributed by atoms with Gasteiger partial charge >= 0.3 is 5.69 Å². The lowest BCUT2D eigenvalue weighted by Gasteiger charge is -2.04. The van der Waals surface area contributed by atoms with E-state index in [2.05, 4.69) is 11.9 Å². The molecule has 0 bridgehead atoms. The summed E-state index contributed by atoms with van der Waals surface area (Å²) in [6.45, 7) is 2.82. The number of hydrogen-bond acceptors (Lipinski definition) is 3. The van der Waals surface area contributed by atoms with Crippen LogP contribution in [0, 0.1) is 10.1 Å². The van der Waals surface area contributed by atoms with Gasteiger partial charge in [0.1, 0.15) is 0 Å². The number of benzene rings is 1. The Morgan fingerprint density at radius 1 is 1.09 bits per heavy atom. The van der Waals surface area contributed by atoms with Gasteiger partial charge in [0.25, 0.3) is 5.69 Å². The number of aromatic amines is 1. The Bertz CT molecular complexity index is 703. The summed E-state index contributed by atoms with van der Waals surface area (Å²) in [4.78, 5) is 25.2. The van der Waals surface area contributed by atoms with Crippen LogP contribution in [0.2, 0.25) is 0 Å². The Balaban J connectivity index is 1.89. The van der Waals surface area contributed by atoms with Gasteiger partial charge in [-0.2, -0.15) is 0 Å². The number of aromatic nitrogens is 2. The van der Waals surface area contributed by atoms with Gasteiger partial charge in [-0.1, -0.05) is 51.9 Å². The minimum Gasteiger partial charge on any atom is -0.306 e. The molecular formula is C17H25N3O3. The van der Waals surface area contributed by atoms with E-state index >= 15 is 0 Å². The molecule has 0 saturated heterocycles. The van der Waals surface area contributed by atoms with E-state index in [0.29, 0.717) is 17.6 Å². The average molecular weight is 319 g/mol. The third-order valence-electron chi connectivity index (χ3n) is 4.20. The molecule has 1 aromatic heterocycles. The first-order chi connectivity index (χ1) is 11.1. The number of rotatable bonds is 10. The fourth-order valence-corrected chi connectivity index (χ4v) is 2.88. The van der Waals surface area contributed by atoms with Gasteiger partial charge in [-0.25, -0.2) is 4.79 Å². The van der Waals surface area contributed by atoms with Crippen LogP contribution in [0.4, 0.5) is 5.69 Å². The number of nitrogens with zero attached hydrogens (tertiary/aromatic N) is 2. The van der Waals surface area contributed by atoms with Gasteiger partial charge < -0.3 is 4.98 Å². The van der Waals surface area contributed by atoms with Crippen molar-refractivity contribution in [2.75, 3.05) is 0 Å². The Labute approximate surface area is 135 Å². The zero-order chi connectivity index (χ0) is 16.7. The molecule has 0 amide bonds. The Morgan fingerprint density at radius 2 is 1.74 bits per heavy atom. The summed E-state index contributed by atoms with van der Waals surface area (Å²) in [6.07, 6.45) is 9.59. The predicted octanol–water partition coefficient (Wildman–Crippen LogP) is 4.38.